The van der Waals surface area contributed by atoms with Crippen LogP contribution in [-0.2, 0) is 20.7 Å². The number of rotatable bonds is 3. The molecule has 3 heterocycles. The Morgan fingerprint density at radius 3 is 2.89 bits per heavy atom. The Bertz CT molecular complexity index is 876. The van der Waals surface area contributed by atoms with E-state index in [4.69, 9.17) is 4.74 Å². The fraction of sp³-hybridized carbons (Fsp3) is 0.381. The third kappa shape index (κ3) is 3.89. The van der Waals surface area contributed by atoms with Crippen molar-refractivity contribution in [2.24, 2.45) is 0 Å². The first-order chi connectivity index (χ1) is 13.5. The lowest BCUT2D eigenvalue weighted by molar-refractivity contribution is -0.153. The summed E-state index contributed by atoms with van der Waals surface area (Å²) < 4.78 is 19.6. The number of ether oxygens (including phenoxy) is 1. The van der Waals surface area contributed by atoms with E-state index < -0.39 is 5.60 Å². The summed E-state index contributed by atoms with van der Waals surface area (Å²) in [5, 5.41) is 0. The first kappa shape index (κ1) is 18.6. The van der Waals surface area contributed by atoms with Gasteiger partial charge in [0.25, 0.3) is 5.91 Å². The number of morpholine rings is 1. The first-order valence-corrected chi connectivity index (χ1v) is 9.42. The van der Waals surface area contributed by atoms with Gasteiger partial charge in [-0.25, -0.2) is 4.39 Å². The van der Waals surface area contributed by atoms with Crippen molar-refractivity contribution in [3.63, 3.8) is 0 Å². The molecule has 146 valence electrons. The highest BCUT2D eigenvalue weighted by molar-refractivity contribution is 5.95. The number of benzene rings is 1. The number of nitrogens with zero attached hydrogens (tertiary/aromatic N) is 3. The van der Waals surface area contributed by atoms with Crippen molar-refractivity contribution in [3.05, 3.63) is 60.2 Å². The summed E-state index contributed by atoms with van der Waals surface area (Å²) in [5.74, 6) is -0.592. The third-order valence-electron chi connectivity index (χ3n) is 5.32. The first-order valence-electron chi connectivity index (χ1n) is 9.42. The Kier molecular flexibility index (Phi) is 5.09. The van der Waals surface area contributed by atoms with Gasteiger partial charge < -0.3 is 14.5 Å². The summed E-state index contributed by atoms with van der Waals surface area (Å²) in [7, 11) is 0. The van der Waals surface area contributed by atoms with E-state index in [-0.39, 0.29) is 30.7 Å². The number of aromatic nitrogens is 1. The molecule has 2 aliphatic heterocycles. The summed E-state index contributed by atoms with van der Waals surface area (Å²) in [6.45, 7) is 1.31. The molecule has 2 aromatic rings. The van der Waals surface area contributed by atoms with E-state index in [1.807, 2.05) is 18.2 Å². The third-order valence-corrected chi connectivity index (χ3v) is 5.32. The average Bonchev–Trinajstić information content (AvgIpc) is 2.71. The molecule has 2 saturated heterocycles. The lowest BCUT2D eigenvalue weighted by Gasteiger charge is -2.47. The highest BCUT2D eigenvalue weighted by Gasteiger charge is 2.44. The van der Waals surface area contributed by atoms with E-state index in [9.17, 15) is 14.0 Å². The maximum atomic E-state index is 13.6. The number of halogens is 1. The summed E-state index contributed by atoms with van der Waals surface area (Å²) in [5.41, 5.74) is 0.621. The van der Waals surface area contributed by atoms with E-state index in [1.54, 1.807) is 28.1 Å². The van der Waals surface area contributed by atoms with E-state index in [2.05, 4.69) is 4.98 Å². The molecule has 0 saturated carbocycles. The molecule has 0 bridgehead atoms. The SMILES string of the molecule is O=C(Cc1ccccn1)N1CCCC2(C1)CN(c1cccc(F)c1)C(=O)CO2. The van der Waals surface area contributed by atoms with Crippen molar-refractivity contribution in [2.45, 2.75) is 24.9 Å². The normalized spacial score (nSPS) is 22.5. The predicted octanol–water partition coefficient (Wildman–Crippen LogP) is 2.19. The number of anilines is 1. The summed E-state index contributed by atoms with van der Waals surface area (Å²) in [6, 6.07) is 11.5. The molecule has 1 atom stereocenters. The smallest absolute Gasteiger partial charge is 0.253 e. The van der Waals surface area contributed by atoms with E-state index in [1.165, 1.54) is 12.1 Å². The molecular formula is C21H22FN3O3. The molecule has 0 radical (unpaired) electrons. The van der Waals surface area contributed by atoms with Crippen LogP contribution in [0.25, 0.3) is 0 Å². The second-order valence-electron chi connectivity index (χ2n) is 7.35. The fourth-order valence-corrected chi connectivity index (χ4v) is 3.92. The Hall–Kier alpha value is -2.80. The van der Waals surface area contributed by atoms with Gasteiger partial charge in [-0.1, -0.05) is 12.1 Å². The molecule has 1 aromatic heterocycles. The van der Waals surface area contributed by atoms with Crippen molar-refractivity contribution in [2.75, 3.05) is 31.1 Å². The molecule has 0 aliphatic carbocycles. The maximum Gasteiger partial charge on any atom is 0.253 e. The molecule has 1 aromatic carbocycles. The maximum absolute atomic E-state index is 13.6. The summed E-state index contributed by atoms with van der Waals surface area (Å²) in [4.78, 5) is 32.7. The van der Waals surface area contributed by atoms with Crippen LogP contribution < -0.4 is 4.90 Å². The van der Waals surface area contributed by atoms with Gasteiger partial charge in [0.05, 0.1) is 19.5 Å². The van der Waals surface area contributed by atoms with Crippen LogP contribution in [-0.4, -0.2) is 53.5 Å². The predicted molar refractivity (Wildman–Crippen MR) is 101 cm³/mol. The van der Waals surface area contributed by atoms with Gasteiger partial charge in [-0.15, -0.1) is 0 Å². The summed E-state index contributed by atoms with van der Waals surface area (Å²) >= 11 is 0. The molecular weight excluding hydrogens is 361 g/mol. The molecule has 2 aliphatic rings. The standard InChI is InChI=1S/C21H22FN3O3/c22-16-5-3-7-18(11-16)25-15-21(28-13-20(25)27)8-4-10-24(14-21)19(26)12-17-6-1-2-9-23-17/h1-3,5-7,9,11H,4,8,10,12-15H2. The van der Waals surface area contributed by atoms with Crippen molar-refractivity contribution >= 4 is 17.5 Å². The van der Waals surface area contributed by atoms with Gasteiger partial charge >= 0.3 is 0 Å². The van der Waals surface area contributed by atoms with Crippen LogP contribution in [0, 0.1) is 5.82 Å². The summed E-state index contributed by atoms with van der Waals surface area (Å²) in [6.07, 6.45) is 3.45. The largest absolute Gasteiger partial charge is 0.361 e. The van der Waals surface area contributed by atoms with E-state index in [0.717, 1.165) is 18.5 Å². The van der Waals surface area contributed by atoms with Gasteiger partial charge in [0.1, 0.15) is 18.0 Å². The highest BCUT2D eigenvalue weighted by Crippen LogP contribution is 2.32. The molecule has 7 heteroatoms. The number of piperidine rings is 1. The quantitative estimate of drug-likeness (QED) is 0.815. The van der Waals surface area contributed by atoms with Crippen molar-refractivity contribution < 1.29 is 18.7 Å². The molecule has 2 fully saturated rings. The van der Waals surface area contributed by atoms with Crippen molar-refractivity contribution in [1.29, 1.82) is 0 Å². The molecule has 1 unspecified atom stereocenters. The zero-order chi connectivity index (χ0) is 19.6. The topological polar surface area (TPSA) is 62.7 Å². The molecule has 2 amide bonds. The van der Waals surface area contributed by atoms with Crippen LogP contribution >= 0.6 is 0 Å². The number of hydrogen-bond acceptors (Lipinski definition) is 4. The van der Waals surface area contributed by atoms with Crippen LogP contribution in [0.2, 0.25) is 0 Å². The number of likely N-dealkylation sites (tertiary alicyclic amines) is 1. The Labute approximate surface area is 162 Å². The van der Waals surface area contributed by atoms with Crippen LogP contribution in [0.5, 0.6) is 0 Å². The van der Waals surface area contributed by atoms with Crippen LogP contribution in [0.3, 0.4) is 0 Å². The lowest BCUT2D eigenvalue weighted by Crippen LogP contribution is -2.62. The molecule has 28 heavy (non-hydrogen) atoms. The fourth-order valence-electron chi connectivity index (χ4n) is 3.92. The Morgan fingerprint density at radius 1 is 1.21 bits per heavy atom. The molecule has 0 N–H and O–H groups in total. The van der Waals surface area contributed by atoms with Gasteiger partial charge in [-0.05, 0) is 43.2 Å². The minimum atomic E-state index is -0.627. The second-order valence-corrected chi connectivity index (χ2v) is 7.35. The van der Waals surface area contributed by atoms with Crippen molar-refractivity contribution in [3.8, 4) is 0 Å². The van der Waals surface area contributed by atoms with Gasteiger partial charge in [-0.3, -0.25) is 14.6 Å². The number of carbonyl (C=O) groups excluding carboxylic acids is 2. The zero-order valence-corrected chi connectivity index (χ0v) is 15.5. The van der Waals surface area contributed by atoms with E-state index >= 15 is 0 Å². The highest BCUT2D eigenvalue weighted by atomic mass is 19.1. The second kappa shape index (κ2) is 7.67. The Morgan fingerprint density at radius 2 is 2.11 bits per heavy atom. The average molecular weight is 383 g/mol. The number of amides is 2. The lowest BCUT2D eigenvalue weighted by atomic mass is 9.90. The number of hydrogen-bond donors (Lipinski definition) is 0. The molecule has 6 nitrogen and oxygen atoms in total. The van der Waals surface area contributed by atoms with Crippen LogP contribution in [0.15, 0.2) is 48.7 Å². The zero-order valence-electron chi connectivity index (χ0n) is 15.5. The Balaban J connectivity index is 1.49. The van der Waals surface area contributed by atoms with Crippen LogP contribution in [0.1, 0.15) is 18.5 Å². The van der Waals surface area contributed by atoms with E-state index in [0.29, 0.717) is 25.3 Å². The van der Waals surface area contributed by atoms with Crippen molar-refractivity contribution in [1.82, 2.24) is 9.88 Å². The monoisotopic (exact) mass is 383 g/mol. The van der Waals surface area contributed by atoms with Gasteiger partial charge in [0.2, 0.25) is 5.91 Å². The van der Waals surface area contributed by atoms with Gasteiger partial charge in [0.15, 0.2) is 0 Å². The van der Waals surface area contributed by atoms with Gasteiger partial charge in [0, 0.05) is 24.1 Å². The minimum Gasteiger partial charge on any atom is -0.361 e. The number of pyridine rings is 1. The van der Waals surface area contributed by atoms with Crippen LogP contribution in [0.4, 0.5) is 10.1 Å². The minimum absolute atomic E-state index is 0.00409. The van der Waals surface area contributed by atoms with Gasteiger partial charge in [-0.2, -0.15) is 0 Å². The molecule has 1 spiro atoms. The number of carbonyl (C=O) groups is 2. The molecule has 4 rings (SSSR count).